The van der Waals surface area contributed by atoms with Crippen molar-refractivity contribution in [2.45, 2.75) is 0 Å². The van der Waals surface area contributed by atoms with E-state index >= 15 is 0 Å². The summed E-state index contributed by atoms with van der Waals surface area (Å²) < 4.78 is 25.5. The van der Waals surface area contributed by atoms with Crippen molar-refractivity contribution in [2.24, 2.45) is 0 Å². The molecule has 8 heteroatoms. The van der Waals surface area contributed by atoms with Crippen LogP contribution in [0.2, 0.25) is 0 Å². The Morgan fingerprint density at radius 2 is 2.20 bits per heavy atom. The lowest BCUT2D eigenvalue weighted by Gasteiger charge is -2.17. The molecule has 1 unspecified atom stereocenters. The molecule has 0 aliphatic heterocycles. The van der Waals surface area contributed by atoms with E-state index in [4.69, 9.17) is 8.83 Å². The molecular formula is C12H15BrN2O4S. The first-order valence-corrected chi connectivity index (χ1v) is 8.69. The van der Waals surface area contributed by atoms with Gasteiger partial charge < -0.3 is 13.7 Å². The molecule has 1 atom stereocenters. The molecule has 1 N–H and O–H groups in total. The molecule has 0 aromatic carbocycles. The third kappa shape index (κ3) is 3.44. The van der Waals surface area contributed by atoms with Crippen LogP contribution in [-0.4, -0.2) is 36.5 Å². The molecule has 2 aromatic heterocycles. The van der Waals surface area contributed by atoms with Crippen LogP contribution >= 0.6 is 15.9 Å². The number of furan rings is 1. The summed E-state index contributed by atoms with van der Waals surface area (Å²) in [6.07, 6.45) is 2.94. The lowest BCUT2D eigenvalue weighted by Crippen LogP contribution is -2.32. The number of hydrogen-bond acceptors (Lipinski definition) is 5. The molecule has 0 amide bonds. The molecule has 20 heavy (non-hydrogen) atoms. The van der Waals surface area contributed by atoms with E-state index in [-0.39, 0.29) is 11.0 Å². The van der Waals surface area contributed by atoms with Gasteiger partial charge in [-0.05, 0) is 21.8 Å². The maximum atomic E-state index is 11.9. The van der Waals surface area contributed by atoms with Crippen LogP contribution in [0, 0.1) is 0 Å². The zero-order valence-electron chi connectivity index (χ0n) is 11.1. The number of fused-ring (bicyclic) bond motifs is 1. The Hall–Kier alpha value is -1.25. The van der Waals surface area contributed by atoms with Gasteiger partial charge in [-0.1, -0.05) is 0 Å². The second-order valence-electron chi connectivity index (χ2n) is 4.51. The van der Waals surface area contributed by atoms with Gasteiger partial charge in [0.15, 0.2) is 11.5 Å². The van der Waals surface area contributed by atoms with Crippen LogP contribution in [0.25, 0.3) is 11.2 Å². The highest BCUT2D eigenvalue weighted by Gasteiger charge is 2.14. The number of rotatable bonds is 5. The summed E-state index contributed by atoms with van der Waals surface area (Å²) in [5.41, 5.74) is 0.313. The monoisotopic (exact) mass is 362 g/mol. The molecule has 0 saturated carbocycles. The summed E-state index contributed by atoms with van der Waals surface area (Å²) in [6, 6.07) is 1.37. The summed E-state index contributed by atoms with van der Waals surface area (Å²) >= 11 is 3.26. The standard InChI is InChI=1S/C12H15BrN2O4S/c1-15(5-4-14-20(2,3)17)10-6-9(16)12-11(19-10)8(13)7-18-12/h6-7H,2,4-5H2,1,3H3,(H,14,17). The van der Waals surface area contributed by atoms with Crippen molar-refractivity contribution in [3.8, 4) is 0 Å². The molecule has 0 fully saturated rings. The van der Waals surface area contributed by atoms with Gasteiger partial charge in [-0.15, -0.1) is 0 Å². The van der Waals surface area contributed by atoms with Crippen molar-refractivity contribution in [3.63, 3.8) is 0 Å². The normalized spacial score (nSPS) is 14.3. The SMILES string of the molecule is C=S(C)(=O)NCCN(C)c1cc(=O)c2occ(Br)c2o1. The van der Waals surface area contributed by atoms with E-state index in [1.165, 1.54) is 18.6 Å². The topological polar surface area (TPSA) is 75.7 Å². The van der Waals surface area contributed by atoms with E-state index in [0.29, 0.717) is 29.0 Å². The van der Waals surface area contributed by atoms with Gasteiger partial charge in [-0.25, -0.2) is 4.72 Å². The molecule has 110 valence electrons. The van der Waals surface area contributed by atoms with Crippen LogP contribution in [0.4, 0.5) is 5.88 Å². The third-order valence-electron chi connectivity index (χ3n) is 2.62. The fourth-order valence-corrected chi connectivity index (χ4v) is 2.51. The predicted molar refractivity (Wildman–Crippen MR) is 84.9 cm³/mol. The van der Waals surface area contributed by atoms with E-state index in [2.05, 4.69) is 26.5 Å². The van der Waals surface area contributed by atoms with E-state index in [1.807, 2.05) is 0 Å². The van der Waals surface area contributed by atoms with Gasteiger partial charge in [-0.2, -0.15) is 0 Å². The van der Waals surface area contributed by atoms with Crippen LogP contribution in [0.15, 0.2) is 30.4 Å². The fraction of sp³-hybridized carbons (Fsp3) is 0.333. The summed E-state index contributed by atoms with van der Waals surface area (Å²) in [5.74, 6) is 3.92. The molecule has 0 bridgehead atoms. The Morgan fingerprint density at radius 1 is 1.50 bits per heavy atom. The summed E-state index contributed by atoms with van der Waals surface area (Å²) in [5, 5.41) is 0. The minimum Gasteiger partial charge on any atom is -0.456 e. The van der Waals surface area contributed by atoms with Crippen molar-refractivity contribution in [2.75, 3.05) is 31.3 Å². The Morgan fingerprint density at radius 3 is 2.85 bits per heavy atom. The quantitative estimate of drug-likeness (QED) is 0.814. The lowest BCUT2D eigenvalue weighted by atomic mass is 10.4. The van der Waals surface area contributed by atoms with Crippen LogP contribution in [0.5, 0.6) is 0 Å². The maximum absolute atomic E-state index is 11.9. The zero-order valence-corrected chi connectivity index (χ0v) is 13.5. The molecule has 6 nitrogen and oxygen atoms in total. The Bertz CT molecular complexity index is 778. The van der Waals surface area contributed by atoms with E-state index in [1.54, 1.807) is 11.9 Å². The van der Waals surface area contributed by atoms with Crippen LogP contribution < -0.4 is 15.1 Å². The minimum atomic E-state index is -2.23. The van der Waals surface area contributed by atoms with Gasteiger partial charge in [0.05, 0.1) is 10.5 Å². The highest BCUT2D eigenvalue weighted by Crippen LogP contribution is 2.26. The van der Waals surface area contributed by atoms with Crippen LogP contribution in [0.1, 0.15) is 0 Å². The van der Waals surface area contributed by atoms with Crippen molar-refractivity contribution in [1.29, 1.82) is 0 Å². The van der Waals surface area contributed by atoms with Crippen molar-refractivity contribution >= 4 is 48.6 Å². The molecule has 2 heterocycles. The van der Waals surface area contributed by atoms with Gasteiger partial charge >= 0.3 is 0 Å². The zero-order chi connectivity index (χ0) is 14.9. The molecule has 2 aromatic rings. The fourth-order valence-electron chi connectivity index (χ4n) is 1.63. The van der Waals surface area contributed by atoms with Gasteiger partial charge in [0, 0.05) is 36.1 Å². The number of anilines is 1. The first kappa shape index (κ1) is 15.1. The Labute approximate surface area is 125 Å². The molecule has 0 aliphatic carbocycles. The molecule has 0 radical (unpaired) electrons. The number of likely N-dealkylation sites (N-methyl/N-ethyl adjacent to an activating group) is 1. The van der Waals surface area contributed by atoms with E-state index in [0.717, 1.165) is 0 Å². The minimum absolute atomic E-state index is 0.182. The summed E-state index contributed by atoms with van der Waals surface area (Å²) in [4.78, 5) is 13.6. The number of nitrogens with one attached hydrogen (secondary N) is 1. The van der Waals surface area contributed by atoms with Gasteiger partial charge in [0.2, 0.25) is 11.0 Å². The van der Waals surface area contributed by atoms with Gasteiger partial charge in [0.25, 0.3) is 0 Å². The van der Waals surface area contributed by atoms with E-state index in [9.17, 15) is 9.00 Å². The third-order valence-corrected chi connectivity index (χ3v) is 3.98. The summed E-state index contributed by atoms with van der Waals surface area (Å²) in [7, 11) is -0.456. The predicted octanol–water partition coefficient (Wildman–Crippen LogP) is 1.44. The second kappa shape index (κ2) is 5.63. The number of hydrogen-bond donors (Lipinski definition) is 1. The van der Waals surface area contributed by atoms with Gasteiger partial charge in [-0.3, -0.25) is 9.00 Å². The van der Waals surface area contributed by atoms with Crippen LogP contribution in [-0.2, 0) is 9.71 Å². The molecule has 0 aliphatic rings. The first-order valence-electron chi connectivity index (χ1n) is 5.77. The Kier molecular flexibility index (Phi) is 4.26. The summed E-state index contributed by atoms with van der Waals surface area (Å²) in [6.45, 7) is 0.980. The smallest absolute Gasteiger partial charge is 0.230 e. The molecule has 2 rings (SSSR count). The molecule has 0 saturated heterocycles. The van der Waals surface area contributed by atoms with Crippen molar-refractivity contribution < 1.29 is 13.0 Å². The average Bonchev–Trinajstić information content (AvgIpc) is 2.70. The number of halogens is 1. The highest BCUT2D eigenvalue weighted by molar-refractivity contribution is 9.10. The largest absolute Gasteiger partial charge is 0.456 e. The van der Waals surface area contributed by atoms with E-state index < -0.39 is 9.71 Å². The maximum Gasteiger partial charge on any atom is 0.230 e. The molecular weight excluding hydrogens is 348 g/mol. The number of nitrogens with zero attached hydrogens (tertiary/aromatic N) is 1. The second-order valence-corrected chi connectivity index (χ2v) is 7.66. The highest BCUT2D eigenvalue weighted by atomic mass is 79.9. The molecule has 0 spiro atoms. The van der Waals surface area contributed by atoms with Crippen molar-refractivity contribution in [1.82, 2.24) is 4.72 Å². The first-order chi connectivity index (χ1) is 9.28. The average molecular weight is 363 g/mol. The van der Waals surface area contributed by atoms with Gasteiger partial charge in [0.1, 0.15) is 6.26 Å². The van der Waals surface area contributed by atoms with Crippen LogP contribution in [0.3, 0.4) is 0 Å². The van der Waals surface area contributed by atoms with Crippen molar-refractivity contribution in [3.05, 3.63) is 27.0 Å². The lowest BCUT2D eigenvalue weighted by molar-refractivity contribution is 0.567. The Balaban J connectivity index is 2.20.